The summed E-state index contributed by atoms with van der Waals surface area (Å²) < 4.78 is 9.87. The first-order chi connectivity index (χ1) is 7.36. The van der Waals surface area contributed by atoms with Crippen LogP contribution in [-0.2, 0) is 4.74 Å². The minimum Gasteiger partial charge on any atom is -0.470 e. The van der Waals surface area contributed by atoms with E-state index in [2.05, 4.69) is 0 Å². The molecule has 4 nitrogen and oxygen atoms in total. The van der Waals surface area contributed by atoms with Crippen LogP contribution < -0.4 is 4.74 Å². The zero-order valence-electron chi connectivity index (χ0n) is 7.87. The largest absolute Gasteiger partial charge is 0.470 e. The number of amides is 1. The van der Waals surface area contributed by atoms with Crippen molar-refractivity contribution in [2.24, 2.45) is 0 Å². The zero-order chi connectivity index (χ0) is 10.5. The summed E-state index contributed by atoms with van der Waals surface area (Å²) in [5.74, 6) is 0.510. The van der Waals surface area contributed by atoms with Crippen molar-refractivity contribution in [3.63, 3.8) is 0 Å². The molecular weight excluding hydrogens is 194 g/mol. The minimum atomic E-state index is -0.475. The van der Waals surface area contributed by atoms with Crippen LogP contribution in [0.2, 0.25) is 0 Å². The van der Waals surface area contributed by atoms with Gasteiger partial charge in [0, 0.05) is 0 Å². The Hall–Kier alpha value is -2.23. The molecule has 2 rings (SSSR count). The van der Waals surface area contributed by atoms with Gasteiger partial charge in [0.15, 0.2) is 0 Å². The number of carbonyl (C=O) groups is 1. The lowest BCUT2D eigenvalue weighted by Crippen LogP contribution is -2.24. The van der Waals surface area contributed by atoms with E-state index in [9.17, 15) is 4.79 Å². The maximum Gasteiger partial charge on any atom is 0.423 e. The van der Waals surface area contributed by atoms with Gasteiger partial charge in [-0.25, -0.2) is 4.79 Å². The van der Waals surface area contributed by atoms with E-state index >= 15 is 0 Å². The van der Waals surface area contributed by atoms with Crippen molar-refractivity contribution in [2.45, 2.75) is 0 Å². The monoisotopic (exact) mass is 203 g/mol. The number of ether oxygens (including phenoxy) is 2. The van der Waals surface area contributed by atoms with Gasteiger partial charge in [0.05, 0.1) is 12.4 Å². The molecule has 0 unspecified atom stereocenters. The fourth-order valence-corrected chi connectivity index (χ4v) is 1.06. The molecule has 0 spiro atoms. The molecule has 1 amide bonds. The summed E-state index contributed by atoms with van der Waals surface area (Å²) in [7, 11) is 0. The van der Waals surface area contributed by atoms with Gasteiger partial charge in [-0.15, -0.1) is 0 Å². The molecular formula is C11H9NO3. The number of hydrogen-bond acceptors (Lipinski definition) is 3. The van der Waals surface area contributed by atoms with Gasteiger partial charge < -0.3 is 9.47 Å². The average Bonchev–Trinajstić information content (AvgIpc) is 2.31. The van der Waals surface area contributed by atoms with Crippen molar-refractivity contribution in [1.29, 1.82) is 0 Å². The van der Waals surface area contributed by atoms with E-state index in [-0.39, 0.29) is 0 Å². The highest BCUT2D eigenvalue weighted by atomic mass is 16.6. The molecule has 1 aromatic carbocycles. The standard InChI is InChI=1S/C11H9NO3/c13-11(12-6-8-14-9-7-12)15-10-4-2-1-3-5-10/h1-9H. The molecule has 1 aliphatic heterocycles. The smallest absolute Gasteiger partial charge is 0.423 e. The van der Waals surface area contributed by atoms with Crippen LogP contribution in [-0.4, -0.2) is 11.0 Å². The van der Waals surface area contributed by atoms with Gasteiger partial charge in [0.1, 0.15) is 18.3 Å². The van der Waals surface area contributed by atoms with Gasteiger partial charge in [-0.3, -0.25) is 4.90 Å². The highest BCUT2D eigenvalue weighted by Crippen LogP contribution is 2.11. The summed E-state index contributed by atoms with van der Waals surface area (Å²) >= 11 is 0. The predicted octanol–water partition coefficient (Wildman–Crippen LogP) is 2.46. The first-order valence-corrected chi connectivity index (χ1v) is 4.40. The van der Waals surface area contributed by atoms with Crippen LogP contribution in [0.3, 0.4) is 0 Å². The number of carbonyl (C=O) groups excluding carboxylic acids is 1. The first kappa shape index (κ1) is 9.33. The Balaban J connectivity index is 2.01. The maximum atomic E-state index is 11.5. The van der Waals surface area contributed by atoms with E-state index in [0.29, 0.717) is 5.75 Å². The Kier molecular flexibility index (Phi) is 2.69. The van der Waals surface area contributed by atoms with E-state index in [0.717, 1.165) is 0 Å². The normalized spacial score (nSPS) is 13.5. The van der Waals surface area contributed by atoms with Crippen LogP contribution >= 0.6 is 0 Å². The Morgan fingerprint density at radius 2 is 1.80 bits per heavy atom. The molecule has 1 aromatic rings. The van der Waals surface area contributed by atoms with E-state index in [4.69, 9.17) is 9.47 Å². The van der Waals surface area contributed by atoms with Crippen LogP contribution in [0.15, 0.2) is 55.3 Å². The molecule has 0 bridgehead atoms. The van der Waals surface area contributed by atoms with Gasteiger partial charge in [-0.05, 0) is 12.1 Å². The number of nitrogens with zero attached hydrogens (tertiary/aromatic N) is 1. The van der Waals surface area contributed by atoms with Gasteiger partial charge in [0.2, 0.25) is 0 Å². The number of para-hydroxylation sites is 1. The fraction of sp³-hybridized carbons (Fsp3) is 0. The molecule has 0 radical (unpaired) electrons. The second-order valence-corrected chi connectivity index (χ2v) is 2.79. The quantitative estimate of drug-likeness (QED) is 0.703. The lowest BCUT2D eigenvalue weighted by Gasteiger charge is -2.14. The first-order valence-electron chi connectivity index (χ1n) is 4.40. The third kappa shape index (κ3) is 2.37. The van der Waals surface area contributed by atoms with Crippen LogP contribution in [0.5, 0.6) is 5.75 Å². The summed E-state index contributed by atoms with van der Waals surface area (Å²) in [6.45, 7) is 0. The molecule has 1 aliphatic rings. The molecule has 0 fully saturated rings. The molecule has 15 heavy (non-hydrogen) atoms. The highest BCUT2D eigenvalue weighted by Gasteiger charge is 2.11. The molecule has 0 atom stereocenters. The van der Waals surface area contributed by atoms with Gasteiger partial charge >= 0.3 is 6.09 Å². The van der Waals surface area contributed by atoms with Crippen LogP contribution in [0.1, 0.15) is 0 Å². The van der Waals surface area contributed by atoms with Gasteiger partial charge in [-0.1, -0.05) is 18.2 Å². The molecule has 0 aromatic heterocycles. The van der Waals surface area contributed by atoms with Gasteiger partial charge in [-0.2, -0.15) is 0 Å². The summed E-state index contributed by atoms with van der Waals surface area (Å²) in [6.07, 6.45) is 5.27. The van der Waals surface area contributed by atoms with Crippen molar-refractivity contribution >= 4 is 6.09 Å². The van der Waals surface area contributed by atoms with Crippen molar-refractivity contribution < 1.29 is 14.3 Å². The Morgan fingerprint density at radius 3 is 2.47 bits per heavy atom. The van der Waals surface area contributed by atoms with Crippen molar-refractivity contribution in [1.82, 2.24) is 4.90 Å². The Labute approximate surface area is 87.0 Å². The summed E-state index contributed by atoms with van der Waals surface area (Å²) in [6, 6.07) is 8.88. The molecule has 0 N–H and O–H groups in total. The fourth-order valence-electron chi connectivity index (χ4n) is 1.06. The third-order valence-electron chi connectivity index (χ3n) is 1.76. The molecule has 0 saturated heterocycles. The molecule has 0 saturated carbocycles. The molecule has 4 heteroatoms. The Bertz CT molecular complexity index is 386. The second kappa shape index (κ2) is 4.32. The lowest BCUT2D eigenvalue weighted by molar-refractivity contribution is 0.178. The van der Waals surface area contributed by atoms with Gasteiger partial charge in [0.25, 0.3) is 0 Å². The minimum absolute atomic E-state index is 0.475. The highest BCUT2D eigenvalue weighted by molar-refractivity contribution is 5.73. The summed E-state index contributed by atoms with van der Waals surface area (Å²) in [4.78, 5) is 12.8. The maximum absolute atomic E-state index is 11.5. The summed E-state index contributed by atoms with van der Waals surface area (Å²) in [5.41, 5.74) is 0. The van der Waals surface area contributed by atoms with E-state index in [1.807, 2.05) is 6.07 Å². The van der Waals surface area contributed by atoms with Crippen LogP contribution in [0, 0.1) is 0 Å². The summed E-state index contributed by atoms with van der Waals surface area (Å²) in [5, 5.41) is 0. The van der Waals surface area contributed by atoms with Crippen molar-refractivity contribution in [3.8, 4) is 5.75 Å². The van der Waals surface area contributed by atoms with Crippen LogP contribution in [0.25, 0.3) is 0 Å². The number of hydrogen-bond donors (Lipinski definition) is 0. The third-order valence-corrected chi connectivity index (χ3v) is 1.76. The van der Waals surface area contributed by atoms with E-state index < -0.39 is 6.09 Å². The second-order valence-electron chi connectivity index (χ2n) is 2.79. The molecule has 1 heterocycles. The zero-order valence-corrected chi connectivity index (χ0v) is 7.87. The van der Waals surface area contributed by atoms with E-state index in [1.165, 1.54) is 29.8 Å². The number of rotatable bonds is 1. The topological polar surface area (TPSA) is 38.8 Å². The average molecular weight is 203 g/mol. The lowest BCUT2D eigenvalue weighted by atomic mass is 10.3. The predicted molar refractivity (Wildman–Crippen MR) is 53.7 cm³/mol. The molecule has 76 valence electrons. The van der Waals surface area contributed by atoms with E-state index in [1.54, 1.807) is 24.3 Å². The molecule has 0 aliphatic carbocycles. The van der Waals surface area contributed by atoms with Crippen molar-refractivity contribution in [2.75, 3.05) is 0 Å². The SMILES string of the molecule is O=C(Oc1ccccc1)N1C=COC=C1. The Morgan fingerprint density at radius 1 is 1.13 bits per heavy atom. The van der Waals surface area contributed by atoms with Crippen molar-refractivity contribution in [3.05, 3.63) is 55.3 Å². The van der Waals surface area contributed by atoms with Crippen LogP contribution in [0.4, 0.5) is 4.79 Å². The number of benzene rings is 1.